The van der Waals surface area contributed by atoms with E-state index in [1.165, 1.54) is 0 Å². The average Bonchev–Trinajstić information content (AvgIpc) is 2.96. The van der Waals surface area contributed by atoms with Crippen LogP contribution < -0.4 is 10.5 Å². The minimum Gasteiger partial charge on any atom is -0.493 e. The third-order valence-corrected chi connectivity index (χ3v) is 3.50. The molecule has 0 unspecified atom stereocenters. The van der Waals surface area contributed by atoms with Crippen molar-refractivity contribution >= 4 is 28.8 Å². The largest absolute Gasteiger partial charge is 0.493 e. The zero-order valence-electron chi connectivity index (χ0n) is 10.1. The van der Waals surface area contributed by atoms with E-state index in [2.05, 4.69) is 4.98 Å². The second kappa shape index (κ2) is 4.83. The molecule has 4 nitrogen and oxygen atoms in total. The third kappa shape index (κ3) is 2.31. The van der Waals surface area contributed by atoms with Crippen LogP contribution in [-0.4, -0.2) is 21.1 Å². The first-order chi connectivity index (χ1) is 9.15. The standard InChI is InChI=1S/C13H12ClN3OS/c14-10-5-8-1-4-18-11(8)9(6-10)7-17-3-2-16-13(17)12(15)19/h2-3,5-6H,1,4,7H2,(H2,15,19). The highest BCUT2D eigenvalue weighted by molar-refractivity contribution is 7.80. The van der Waals surface area contributed by atoms with Crippen molar-refractivity contribution in [2.75, 3.05) is 6.61 Å². The topological polar surface area (TPSA) is 53.1 Å². The summed E-state index contributed by atoms with van der Waals surface area (Å²) in [6.45, 7) is 1.30. The molecule has 3 rings (SSSR count). The SMILES string of the molecule is NC(=S)c1nccn1Cc1cc(Cl)cc2c1OCC2. The Hall–Kier alpha value is -1.59. The van der Waals surface area contributed by atoms with Gasteiger partial charge in [-0.05, 0) is 17.7 Å². The summed E-state index contributed by atoms with van der Waals surface area (Å²) >= 11 is 11.1. The van der Waals surface area contributed by atoms with Crippen LogP contribution in [0.25, 0.3) is 0 Å². The molecule has 6 heteroatoms. The molecule has 0 atom stereocenters. The number of hydrogen-bond acceptors (Lipinski definition) is 3. The van der Waals surface area contributed by atoms with Crippen LogP contribution in [0.4, 0.5) is 0 Å². The first kappa shape index (κ1) is 12.4. The molecule has 1 aliphatic rings. The van der Waals surface area contributed by atoms with Crippen molar-refractivity contribution in [2.45, 2.75) is 13.0 Å². The summed E-state index contributed by atoms with van der Waals surface area (Å²) in [6, 6.07) is 3.87. The minimum atomic E-state index is 0.282. The molecule has 0 saturated carbocycles. The van der Waals surface area contributed by atoms with Crippen LogP contribution in [0.15, 0.2) is 24.5 Å². The van der Waals surface area contributed by atoms with E-state index in [4.69, 9.17) is 34.3 Å². The summed E-state index contributed by atoms with van der Waals surface area (Å²) < 4.78 is 7.58. The number of halogens is 1. The van der Waals surface area contributed by atoms with Crippen molar-refractivity contribution in [1.29, 1.82) is 0 Å². The summed E-state index contributed by atoms with van der Waals surface area (Å²) in [5.41, 5.74) is 7.82. The number of rotatable bonds is 3. The van der Waals surface area contributed by atoms with Gasteiger partial charge in [0.1, 0.15) is 10.7 Å². The highest BCUT2D eigenvalue weighted by atomic mass is 35.5. The Balaban J connectivity index is 2.00. The van der Waals surface area contributed by atoms with Gasteiger partial charge in [-0.3, -0.25) is 0 Å². The lowest BCUT2D eigenvalue weighted by Crippen LogP contribution is -2.17. The average molecular weight is 294 g/mol. The normalized spacial score (nSPS) is 13.1. The predicted molar refractivity (Wildman–Crippen MR) is 77.9 cm³/mol. The molecule has 2 heterocycles. The van der Waals surface area contributed by atoms with Crippen molar-refractivity contribution < 1.29 is 4.74 Å². The number of thiocarbonyl (C=S) groups is 1. The molecule has 1 aromatic heterocycles. The van der Waals surface area contributed by atoms with Gasteiger partial charge >= 0.3 is 0 Å². The Morgan fingerprint density at radius 1 is 1.53 bits per heavy atom. The fourth-order valence-electron chi connectivity index (χ4n) is 2.31. The lowest BCUT2D eigenvalue weighted by atomic mass is 10.1. The van der Waals surface area contributed by atoms with E-state index in [-0.39, 0.29) is 4.99 Å². The molecule has 0 fully saturated rings. The van der Waals surface area contributed by atoms with Crippen molar-refractivity contribution in [3.05, 3.63) is 46.5 Å². The molecule has 0 bridgehead atoms. The van der Waals surface area contributed by atoms with E-state index < -0.39 is 0 Å². The van der Waals surface area contributed by atoms with Gasteiger partial charge in [0, 0.05) is 29.4 Å². The molecule has 0 spiro atoms. The van der Waals surface area contributed by atoms with E-state index in [0.29, 0.717) is 19.0 Å². The number of benzene rings is 1. The van der Waals surface area contributed by atoms with Gasteiger partial charge < -0.3 is 15.0 Å². The highest BCUT2D eigenvalue weighted by Gasteiger charge is 2.18. The van der Waals surface area contributed by atoms with Crippen molar-refractivity contribution in [1.82, 2.24) is 9.55 Å². The number of hydrogen-bond donors (Lipinski definition) is 1. The molecule has 0 aliphatic carbocycles. The fraction of sp³-hybridized carbons (Fsp3) is 0.231. The molecule has 1 aromatic carbocycles. The van der Waals surface area contributed by atoms with Crippen molar-refractivity contribution in [3.63, 3.8) is 0 Å². The van der Waals surface area contributed by atoms with Crippen molar-refractivity contribution in [2.24, 2.45) is 5.73 Å². The molecule has 0 amide bonds. The van der Waals surface area contributed by atoms with Crippen LogP contribution in [0.1, 0.15) is 17.0 Å². The molecule has 1 aliphatic heterocycles. The summed E-state index contributed by atoms with van der Waals surface area (Å²) in [5.74, 6) is 1.52. The fourth-order valence-corrected chi connectivity index (χ4v) is 2.74. The smallest absolute Gasteiger partial charge is 0.167 e. The van der Waals surface area contributed by atoms with Gasteiger partial charge in [-0.2, -0.15) is 0 Å². The van der Waals surface area contributed by atoms with Crippen molar-refractivity contribution in [3.8, 4) is 5.75 Å². The number of nitrogens with two attached hydrogens (primary N) is 1. The first-order valence-corrected chi connectivity index (χ1v) is 6.69. The molecule has 98 valence electrons. The quantitative estimate of drug-likeness (QED) is 0.881. The van der Waals surface area contributed by atoms with Gasteiger partial charge in [-0.1, -0.05) is 23.8 Å². The van der Waals surface area contributed by atoms with Crippen LogP contribution in [0.5, 0.6) is 5.75 Å². The third-order valence-electron chi connectivity index (χ3n) is 3.10. The number of imidazole rings is 1. The summed E-state index contributed by atoms with van der Waals surface area (Å²) in [5, 5.41) is 0.719. The Morgan fingerprint density at radius 2 is 2.37 bits per heavy atom. The summed E-state index contributed by atoms with van der Waals surface area (Å²) in [6.07, 6.45) is 4.42. The zero-order valence-corrected chi connectivity index (χ0v) is 11.7. The summed E-state index contributed by atoms with van der Waals surface area (Å²) in [4.78, 5) is 4.43. The molecule has 0 radical (unpaired) electrons. The molecule has 2 N–H and O–H groups in total. The number of aromatic nitrogens is 2. The maximum Gasteiger partial charge on any atom is 0.167 e. The monoisotopic (exact) mass is 293 g/mol. The van der Waals surface area contributed by atoms with E-state index in [1.807, 2.05) is 22.9 Å². The van der Waals surface area contributed by atoms with Gasteiger partial charge in [0.05, 0.1) is 13.2 Å². The second-order valence-corrected chi connectivity index (χ2v) is 5.27. The summed E-state index contributed by atoms with van der Waals surface area (Å²) in [7, 11) is 0. The van der Waals surface area contributed by atoms with E-state index in [9.17, 15) is 0 Å². The van der Waals surface area contributed by atoms with Crippen LogP contribution in [0, 0.1) is 0 Å². The number of fused-ring (bicyclic) bond motifs is 1. The lowest BCUT2D eigenvalue weighted by Gasteiger charge is -2.11. The number of ether oxygens (including phenoxy) is 1. The Kier molecular flexibility index (Phi) is 3.16. The highest BCUT2D eigenvalue weighted by Crippen LogP contribution is 2.33. The van der Waals surface area contributed by atoms with Crippen LogP contribution in [0.2, 0.25) is 5.02 Å². The van der Waals surface area contributed by atoms with Crippen LogP contribution in [-0.2, 0) is 13.0 Å². The van der Waals surface area contributed by atoms with Crippen LogP contribution >= 0.6 is 23.8 Å². The van der Waals surface area contributed by atoms with Gasteiger partial charge in [0.2, 0.25) is 0 Å². The Labute approximate surface area is 121 Å². The van der Waals surface area contributed by atoms with Crippen LogP contribution in [0.3, 0.4) is 0 Å². The first-order valence-electron chi connectivity index (χ1n) is 5.90. The maximum absolute atomic E-state index is 6.14. The second-order valence-electron chi connectivity index (χ2n) is 4.39. The zero-order chi connectivity index (χ0) is 13.4. The predicted octanol–water partition coefficient (Wildman–Crippen LogP) is 2.15. The maximum atomic E-state index is 6.14. The molecule has 0 saturated heterocycles. The Morgan fingerprint density at radius 3 is 3.16 bits per heavy atom. The lowest BCUT2D eigenvalue weighted by molar-refractivity contribution is 0.352. The molecule has 19 heavy (non-hydrogen) atoms. The van der Waals surface area contributed by atoms with Gasteiger partial charge in [0.15, 0.2) is 5.82 Å². The van der Waals surface area contributed by atoms with E-state index in [1.54, 1.807) is 6.20 Å². The van der Waals surface area contributed by atoms with Gasteiger partial charge in [-0.25, -0.2) is 4.98 Å². The number of nitrogens with zero attached hydrogens (tertiary/aromatic N) is 2. The van der Waals surface area contributed by atoms with E-state index in [0.717, 1.165) is 28.3 Å². The van der Waals surface area contributed by atoms with Gasteiger partial charge in [-0.15, -0.1) is 0 Å². The molecular formula is C13H12ClN3OS. The molecular weight excluding hydrogens is 282 g/mol. The minimum absolute atomic E-state index is 0.282. The Bertz CT molecular complexity index is 653. The van der Waals surface area contributed by atoms with Gasteiger partial charge in [0.25, 0.3) is 0 Å². The molecule has 2 aromatic rings. The van der Waals surface area contributed by atoms with E-state index >= 15 is 0 Å².